The van der Waals surface area contributed by atoms with Crippen LogP contribution in [0.15, 0.2) is 48.5 Å². The number of ether oxygens (including phenoxy) is 1. The highest BCUT2D eigenvalue weighted by molar-refractivity contribution is 5.77. The van der Waals surface area contributed by atoms with Gasteiger partial charge < -0.3 is 14.7 Å². The van der Waals surface area contributed by atoms with E-state index in [0.717, 1.165) is 31.7 Å². The van der Waals surface area contributed by atoms with Crippen LogP contribution in [-0.4, -0.2) is 60.7 Å². The number of benzene rings is 2. The third-order valence-electron chi connectivity index (χ3n) is 6.07. The molecule has 2 unspecified atom stereocenters. The number of phenols is 1. The molecule has 1 N–H and O–H groups in total. The van der Waals surface area contributed by atoms with E-state index in [4.69, 9.17) is 4.74 Å². The minimum absolute atomic E-state index is 0.0537. The van der Waals surface area contributed by atoms with Crippen molar-refractivity contribution < 1.29 is 14.6 Å². The summed E-state index contributed by atoms with van der Waals surface area (Å²) < 4.78 is 5.14. The summed E-state index contributed by atoms with van der Waals surface area (Å²) in [6.07, 6.45) is 0. The largest absolute Gasteiger partial charge is 0.508 e. The second kappa shape index (κ2) is 10.8. The molecule has 2 atom stereocenters. The predicted octanol–water partition coefficient (Wildman–Crippen LogP) is 4.05. The number of amides is 1. The van der Waals surface area contributed by atoms with Gasteiger partial charge in [-0.3, -0.25) is 9.69 Å². The van der Waals surface area contributed by atoms with Gasteiger partial charge in [0.2, 0.25) is 5.91 Å². The van der Waals surface area contributed by atoms with E-state index in [0.29, 0.717) is 30.0 Å². The van der Waals surface area contributed by atoms with Crippen LogP contribution < -0.4 is 0 Å². The minimum atomic E-state index is 0.0537. The molecule has 5 heteroatoms. The van der Waals surface area contributed by atoms with Gasteiger partial charge in [-0.05, 0) is 30.4 Å². The number of rotatable bonds is 9. The van der Waals surface area contributed by atoms with Crippen LogP contribution in [0.2, 0.25) is 0 Å². The average molecular weight is 425 g/mol. The Kier molecular flexibility index (Phi) is 8.10. The molecule has 0 saturated carbocycles. The molecule has 3 rings (SSSR count). The average Bonchev–Trinajstić information content (AvgIpc) is 3.12. The van der Waals surface area contributed by atoms with Crippen LogP contribution >= 0.6 is 0 Å². The summed E-state index contributed by atoms with van der Waals surface area (Å²) in [5.74, 6) is 1.47. The summed E-state index contributed by atoms with van der Waals surface area (Å²) >= 11 is 0. The van der Waals surface area contributed by atoms with Gasteiger partial charge in [-0.1, -0.05) is 61.9 Å². The lowest BCUT2D eigenvalue weighted by molar-refractivity contribution is -0.136. The molecule has 1 aliphatic rings. The molecule has 1 saturated heterocycles. The van der Waals surface area contributed by atoms with E-state index in [1.165, 1.54) is 11.1 Å². The SMILES string of the molecule is COCC(=O)N(CC(C)C)CC1CN(Cc2ccccc2O)CC1c1ccc(C)cc1. The lowest BCUT2D eigenvalue weighted by atomic mass is 9.88. The van der Waals surface area contributed by atoms with E-state index >= 15 is 0 Å². The number of hydrogen-bond acceptors (Lipinski definition) is 4. The fourth-order valence-electron chi connectivity index (χ4n) is 4.57. The number of aromatic hydroxyl groups is 1. The van der Waals surface area contributed by atoms with E-state index in [1.54, 1.807) is 13.2 Å². The van der Waals surface area contributed by atoms with E-state index in [1.807, 2.05) is 23.1 Å². The molecule has 0 aliphatic carbocycles. The van der Waals surface area contributed by atoms with Crippen LogP contribution in [0, 0.1) is 18.8 Å². The van der Waals surface area contributed by atoms with Gasteiger partial charge >= 0.3 is 0 Å². The summed E-state index contributed by atoms with van der Waals surface area (Å²) in [5, 5.41) is 10.2. The van der Waals surface area contributed by atoms with Gasteiger partial charge in [-0.25, -0.2) is 0 Å². The van der Waals surface area contributed by atoms with Gasteiger partial charge in [-0.15, -0.1) is 0 Å². The van der Waals surface area contributed by atoms with Gasteiger partial charge in [0.05, 0.1) is 0 Å². The van der Waals surface area contributed by atoms with E-state index in [9.17, 15) is 9.90 Å². The van der Waals surface area contributed by atoms with Crippen molar-refractivity contribution in [1.29, 1.82) is 0 Å². The standard InChI is InChI=1S/C26H36N2O3/c1-19(2)13-28(26(30)18-31-4)16-23-15-27(14-22-7-5-6-8-25(22)29)17-24(23)21-11-9-20(3)10-12-21/h5-12,19,23-24,29H,13-18H2,1-4H3. The van der Waals surface area contributed by atoms with Crippen LogP contribution in [0.5, 0.6) is 5.75 Å². The highest BCUT2D eigenvalue weighted by Gasteiger charge is 2.36. The summed E-state index contributed by atoms with van der Waals surface area (Å²) in [5.41, 5.74) is 3.51. The first-order valence-corrected chi connectivity index (χ1v) is 11.2. The molecule has 1 amide bonds. The Morgan fingerprint density at radius 1 is 1.16 bits per heavy atom. The van der Waals surface area contributed by atoms with Crippen molar-refractivity contribution in [3.8, 4) is 5.75 Å². The Morgan fingerprint density at radius 2 is 1.87 bits per heavy atom. The van der Waals surface area contributed by atoms with Gasteiger partial charge in [-0.2, -0.15) is 0 Å². The highest BCUT2D eigenvalue weighted by atomic mass is 16.5. The van der Waals surface area contributed by atoms with Crippen molar-refractivity contribution in [2.45, 2.75) is 33.2 Å². The van der Waals surface area contributed by atoms with Gasteiger partial charge in [0.1, 0.15) is 12.4 Å². The molecule has 2 aromatic rings. The number of carbonyl (C=O) groups is 1. The molecular weight excluding hydrogens is 388 g/mol. The number of aryl methyl sites for hydroxylation is 1. The number of carbonyl (C=O) groups excluding carboxylic acids is 1. The molecule has 1 aliphatic heterocycles. The number of methoxy groups -OCH3 is 1. The van der Waals surface area contributed by atoms with Crippen LogP contribution in [0.1, 0.15) is 36.5 Å². The van der Waals surface area contributed by atoms with Crippen LogP contribution in [0.25, 0.3) is 0 Å². The molecule has 5 nitrogen and oxygen atoms in total. The van der Waals surface area contributed by atoms with Crippen LogP contribution in [-0.2, 0) is 16.1 Å². The van der Waals surface area contributed by atoms with Crippen molar-refractivity contribution >= 4 is 5.91 Å². The normalized spacial score (nSPS) is 19.1. The van der Waals surface area contributed by atoms with Crippen LogP contribution in [0.4, 0.5) is 0 Å². The Morgan fingerprint density at radius 3 is 2.52 bits per heavy atom. The van der Waals surface area contributed by atoms with Crippen molar-refractivity contribution in [3.63, 3.8) is 0 Å². The van der Waals surface area contributed by atoms with Gasteiger partial charge in [0.15, 0.2) is 0 Å². The number of phenolic OH excluding ortho intramolecular Hbond substituents is 1. The predicted molar refractivity (Wildman–Crippen MR) is 124 cm³/mol. The fraction of sp³-hybridized carbons (Fsp3) is 0.500. The number of para-hydroxylation sites is 1. The molecule has 168 valence electrons. The third kappa shape index (κ3) is 6.31. The zero-order chi connectivity index (χ0) is 22.4. The Hall–Kier alpha value is -2.37. The van der Waals surface area contributed by atoms with Crippen LogP contribution in [0.3, 0.4) is 0 Å². The molecule has 2 aromatic carbocycles. The van der Waals surface area contributed by atoms with Gasteiger partial charge in [0, 0.05) is 51.3 Å². The molecule has 0 spiro atoms. The minimum Gasteiger partial charge on any atom is -0.508 e. The van der Waals surface area contributed by atoms with Crippen molar-refractivity contribution in [2.75, 3.05) is 39.9 Å². The fourth-order valence-corrected chi connectivity index (χ4v) is 4.57. The maximum Gasteiger partial charge on any atom is 0.248 e. The number of nitrogens with zero attached hydrogens (tertiary/aromatic N) is 2. The van der Waals surface area contributed by atoms with Crippen molar-refractivity contribution in [2.24, 2.45) is 11.8 Å². The monoisotopic (exact) mass is 424 g/mol. The smallest absolute Gasteiger partial charge is 0.248 e. The number of likely N-dealkylation sites (tertiary alicyclic amines) is 1. The highest BCUT2D eigenvalue weighted by Crippen LogP contribution is 2.35. The second-order valence-corrected chi connectivity index (χ2v) is 9.23. The van der Waals surface area contributed by atoms with E-state index < -0.39 is 0 Å². The maximum absolute atomic E-state index is 12.7. The lowest BCUT2D eigenvalue weighted by Crippen LogP contribution is -2.41. The van der Waals surface area contributed by atoms with E-state index in [2.05, 4.69) is 49.9 Å². The molecule has 1 fully saturated rings. The Bertz CT molecular complexity index is 850. The molecular formula is C26H36N2O3. The van der Waals surface area contributed by atoms with Crippen molar-refractivity contribution in [1.82, 2.24) is 9.80 Å². The first-order valence-electron chi connectivity index (χ1n) is 11.2. The lowest BCUT2D eigenvalue weighted by Gasteiger charge is -2.30. The first-order chi connectivity index (χ1) is 14.9. The zero-order valence-electron chi connectivity index (χ0n) is 19.3. The summed E-state index contributed by atoms with van der Waals surface area (Å²) in [4.78, 5) is 17.1. The third-order valence-corrected chi connectivity index (χ3v) is 6.07. The first kappa shape index (κ1) is 23.3. The number of hydrogen-bond donors (Lipinski definition) is 1. The second-order valence-electron chi connectivity index (χ2n) is 9.23. The Labute approximate surface area is 186 Å². The summed E-state index contributed by atoms with van der Waals surface area (Å²) in [6.45, 7) is 10.5. The summed E-state index contributed by atoms with van der Waals surface area (Å²) in [6, 6.07) is 16.3. The molecule has 0 radical (unpaired) electrons. The Balaban J connectivity index is 1.81. The maximum atomic E-state index is 12.7. The zero-order valence-corrected chi connectivity index (χ0v) is 19.3. The van der Waals surface area contributed by atoms with Crippen molar-refractivity contribution in [3.05, 3.63) is 65.2 Å². The molecule has 1 heterocycles. The van der Waals surface area contributed by atoms with Gasteiger partial charge in [0.25, 0.3) is 0 Å². The molecule has 0 bridgehead atoms. The molecule has 31 heavy (non-hydrogen) atoms. The quantitative estimate of drug-likeness (QED) is 0.660. The molecule has 0 aromatic heterocycles. The topological polar surface area (TPSA) is 53.0 Å². The summed E-state index contributed by atoms with van der Waals surface area (Å²) in [7, 11) is 1.57. The van der Waals surface area contributed by atoms with E-state index in [-0.39, 0.29) is 12.5 Å².